The molecule has 3 amide bonds. The summed E-state index contributed by atoms with van der Waals surface area (Å²) in [6.07, 6.45) is 2.03. The van der Waals surface area contributed by atoms with E-state index in [0.717, 1.165) is 31.6 Å². The third-order valence-corrected chi connectivity index (χ3v) is 6.08. The predicted molar refractivity (Wildman–Crippen MR) is 118 cm³/mol. The van der Waals surface area contributed by atoms with Crippen molar-refractivity contribution in [2.24, 2.45) is 5.92 Å². The van der Waals surface area contributed by atoms with Crippen LogP contribution in [0, 0.1) is 5.92 Å². The molecule has 3 rings (SSSR count). The van der Waals surface area contributed by atoms with Crippen LogP contribution in [0.15, 0.2) is 30.3 Å². The van der Waals surface area contributed by atoms with E-state index in [2.05, 4.69) is 43.2 Å². The molecule has 7 nitrogen and oxygen atoms in total. The Kier molecular flexibility index (Phi) is 7.36. The first-order valence-corrected chi connectivity index (χ1v) is 11.0. The Morgan fingerprint density at radius 2 is 1.77 bits per heavy atom. The minimum Gasteiger partial charge on any atom is -0.373 e. The van der Waals surface area contributed by atoms with E-state index in [9.17, 15) is 9.59 Å². The first-order chi connectivity index (χ1) is 14.2. The molecule has 0 aromatic heterocycles. The highest BCUT2D eigenvalue weighted by Gasteiger charge is 2.35. The molecule has 0 bridgehead atoms. The number of urea groups is 1. The Morgan fingerprint density at radius 3 is 2.43 bits per heavy atom. The molecule has 0 saturated carbocycles. The van der Waals surface area contributed by atoms with Crippen LogP contribution >= 0.6 is 0 Å². The lowest BCUT2D eigenvalue weighted by Gasteiger charge is -2.45. The summed E-state index contributed by atoms with van der Waals surface area (Å²) in [5, 5.41) is 6.06. The van der Waals surface area contributed by atoms with Gasteiger partial charge in [-0.1, -0.05) is 18.2 Å². The molecular formula is C23H36N4O3. The maximum atomic E-state index is 12.9. The van der Waals surface area contributed by atoms with Crippen molar-refractivity contribution in [3.05, 3.63) is 30.3 Å². The highest BCUT2D eigenvalue weighted by Crippen LogP contribution is 2.22. The van der Waals surface area contributed by atoms with E-state index in [-0.39, 0.29) is 35.6 Å². The zero-order chi connectivity index (χ0) is 21.7. The van der Waals surface area contributed by atoms with Crippen LogP contribution in [0.5, 0.6) is 0 Å². The van der Waals surface area contributed by atoms with E-state index in [4.69, 9.17) is 4.74 Å². The van der Waals surface area contributed by atoms with E-state index >= 15 is 0 Å². The van der Waals surface area contributed by atoms with Crippen molar-refractivity contribution < 1.29 is 14.3 Å². The van der Waals surface area contributed by atoms with Crippen LogP contribution < -0.4 is 10.6 Å². The average molecular weight is 417 g/mol. The van der Waals surface area contributed by atoms with Gasteiger partial charge in [0.1, 0.15) is 0 Å². The largest absolute Gasteiger partial charge is 0.373 e. The summed E-state index contributed by atoms with van der Waals surface area (Å²) in [6.45, 7) is 12.0. The number of carbonyl (C=O) groups excluding carboxylic acids is 2. The van der Waals surface area contributed by atoms with Gasteiger partial charge in [-0.3, -0.25) is 9.69 Å². The highest BCUT2D eigenvalue weighted by molar-refractivity contribution is 5.90. The maximum Gasteiger partial charge on any atom is 0.321 e. The minimum atomic E-state index is -0.168. The Bertz CT molecular complexity index is 714. The smallest absolute Gasteiger partial charge is 0.321 e. The number of piperidine rings is 1. The van der Waals surface area contributed by atoms with Crippen molar-refractivity contribution in [2.75, 3.05) is 38.0 Å². The Morgan fingerprint density at radius 1 is 1.10 bits per heavy atom. The molecular weight excluding hydrogens is 380 g/mol. The Balaban J connectivity index is 1.50. The summed E-state index contributed by atoms with van der Waals surface area (Å²) in [5.41, 5.74) is 0.617. The van der Waals surface area contributed by atoms with Gasteiger partial charge in [0.05, 0.1) is 18.1 Å². The lowest BCUT2D eigenvalue weighted by atomic mass is 9.96. The zero-order valence-electron chi connectivity index (χ0n) is 18.7. The molecule has 2 aliphatic heterocycles. The molecule has 2 saturated heterocycles. The van der Waals surface area contributed by atoms with Crippen molar-refractivity contribution in [2.45, 2.75) is 58.3 Å². The van der Waals surface area contributed by atoms with E-state index < -0.39 is 0 Å². The van der Waals surface area contributed by atoms with Gasteiger partial charge in [0, 0.05) is 44.0 Å². The molecule has 3 atom stereocenters. The Labute approximate surface area is 180 Å². The summed E-state index contributed by atoms with van der Waals surface area (Å²) in [7, 11) is 0. The number of benzene rings is 1. The SMILES string of the molecule is CC1CN(C(C)(C)CNC(=O)C2CCCN(C(=O)Nc3ccccc3)C2)CC(C)O1. The maximum absolute atomic E-state index is 12.9. The predicted octanol–water partition coefficient (Wildman–Crippen LogP) is 2.93. The third-order valence-electron chi connectivity index (χ3n) is 6.08. The van der Waals surface area contributed by atoms with Crippen molar-refractivity contribution in [1.82, 2.24) is 15.1 Å². The molecule has 7 heteroatoms. The third kappa shape index (κ3) is 5.95. The second-order valence-corrected chi connectivity index (χ2v) is 9.27. The van der Waals surface area contributed by atoms with Gasteiger partial charge in [0.25, 0.3) is 0 Å². The van der Waals surface area contributed by atoms with Crippen molar-refractivity contribution in [3.8, 4) is 0 Å². The second-order valence-electron chi connectivity index (χ2n) is 9.27. The van der Waals surface area contributed by atoms with Crippen molar-refractivity contribution in [1.29, 1.82) is 0 Å². The molecule has 0 radical (unpaired) electrons. The number of hydrogen-bond acceptors (Lipinski definition) is 4. The van der Waals surface area contributed by atoms with Crippen LogP contribution in [0.3, 0.4) is 0 Å². The van der Waals surface area contributed by atoms with Gasteiger partial charge in [-0.15, -0.1) is 0 Å². The zero-order valence-corrected chi connectivity index (χ0v) is 18.7. The number of likely N-dealkylation sites (tertiary alicyclic amines) is 1. The quantitative estimate of drug-likeness (QED) is 0.774. The lowest BCUT2D eigenvalue weighted by Crippen LogP contribution is -2.59. The fraction of sp³-hybridized carbons (Fsp3) is 0.652. The van der Waals surface area contributed by atoms with Crippen molar-refractivity contribution >= 4 is 17.6 Å². The number of para-hydroxylation sites is 1. The number of ether oxygens (including phenoxy) is 1. The molecule has 2 aliphatic rings. The first kappa shape index (κ1) is 22.6. The number of hydrogen-bond donors (Lipinski definition) is 2. The molecule has 3 unspecified atom stereocenters. The normalized spacial score (nSPS) is 25.6. The van der Waals surface area contributed by atoms with Gasteiger partial charge in [-0.2, -0.15) is 0 Å². The molecule has 2 fully saturated rings. The lowest BCUT2D eigenvalue weighted by molar-refractivity contribution is -0.128. The van der Waals surface area contributed by atoms with Crippen LogP contribution in [0.2, 0.25) is 0 Å². The number of amides is 3. The fourth-order valence-corrected chi connectivity index (χ4v) is 4.33. The highest BCUT2D eigenvalue weighted by atomic mass is 16.5. The topological polar surface area (TPSA) is 73.9 Å². The summed E-state index contributed by atoms with van der Waals surface area (Å²) < 4.78 is 5.84. The molecule has 30 heavy (non-hydrogen) atoms. The van der Waals surface area contributed by atoms with Crippen LogP contribution in [0.4, 0.5) is 10.5 Å². The first-order valence-electron chi connectivity index (χ1n) is 11.0. The monoisotopic (exact) mass is 416 g/mol. The van der Waals surface area contributed by atoms with Crippen LogP contribution in [-0.2, 0) is 9.53 Å². The van der Waals surface area contributed by atoms with Gasteiger partial charge in [0.15, 0.2) is 0 Å². The molecule has 2 N–H and O–H groups in total. The number of rotatable bonds is 5. The summed E-state index contributed by atoms with van der Waals surface area (Å²) in [6, 6.07) is 9.27. The van der Waals surface area contributed by atoms with Crippen LogP contribution in [0.1, 0.15) is 40.5 Å². The molecule has 0 aliphatic carbocycles. The number of anilines is 1. The summed E-state index contributed by atoms with van der Waals surface area (Å²) >= 11 is 0. The van der Waals surface area contributed by atoms with E-state index in [1.807, 2.05) is 30.3 Å². The standard InChI is InChI=1S/C23H36N4O3/c1-17-13-27(14-18(2)30-17)23(3,4)16-24-21(28)19-9-8-12-26(15-19)22(29)25-20-10-6-5-7-11-20/h5-7,10-11,17-19H,8-9,12-16H2,1-4H3,(H,24,28)(H,25,29). The van der Waals surface area contributed by atoms with Gasteiger partial charge in [-0.25, -0.2) is 4.79 Å². The average Bonchev–Trinajstić information content (AvgIpc) is 2.72. The van der Waals surface area contributed by atoms with Gasteiger partial charge in [0.2, 0.25) is 5.91 Å². The van der Waals surface area contributed by atoms with Crippen LogP contribution in [0.25, 0.3) is 0 Å². The fourth-order valence-electron chi connectivity index (χ4n) is 4.33. The van der Waals surface area contributed by atoms with Gasteiger partial charge >= 0.3 is 6.03 Å². The van der Waals surface area contributed by atoms with Gasteiger partial charge in [-0.05, 0) is 52.7 Å². The molecule has 2 heterocycles. The number of morpholine rings is 1. The second kappa shape index (κ2) is 9.79. The Hall–Kier alpha value is -2.12. The van der Waals surface area contributed by atoms with Gasteiger partial charge < -0.3 is 20.3 Å². The number of nitrogens with one attached hydrogen (secondary N) is 2. The number of nitrogens with zero attached hydrogens (tertiary/aromatic N) is 2. The molecule has 0 spiro atoms. The number of carbonyl (C=O) groups is 2. The van der Waals surface area contributed by atoms with E-state index in [1.54, 1.807) is 4.90 Å². The van der Waals surface area contributed by atoms with Crippen LogP contribution in [-0.4, -0.2) is 72.2 Å². The molecule has 1 aromatic rings. The van der Waals surface area contributed by atoms with E-state index in [1.165, 1.54) is 0 Å². The van der Waals surface area contributed by atoms with Crippen molar-refractivity contribution in [3.63, 3.8) is 0 Å². The summed E-state index contributed by atoms with van der Waals surface area (Å²) in [4.78, 5) is 29.6. The summed E-state index contributed by atoms with van der Waals surface area (Å²) in [5.74, 6) is -0.131. The minimum absolute atomic E-state index is 0.0367. The van der Waals surface area contributed by atoms with E-state index in [0.29, 0.717) is 19.6 Å². The molecule has 1 aromatic carbocycles. The molecule has 166 valence electrons.